The summed E-state index contributed by atoms with van der Waals surface area (Å²) >= 11 is 0. The second-order valence-electron chi connectivity index (χ2n) is 7.89. The Morgan fingerprint density at radius 1 is 1.09 bits per heavy atom. The second kappa shape index (κ2) is 9.50. The Kier molecular flexibility index (Phi) is 7.07. The molecule has 2 aromatic rings. The zero-order valence-corrected chi connectivity index (χ0v) is 18.1. The van der Waals surface area contributed by atoms with Crippen molar-refractivity contribution in [1.29, 1.82) is 0 Å². The normalized spacial score (nSPS) is 19.3. The van der Waals surface area contributed by atoms with Gasteiger partial charge in [0.15, 0.2) is 0 Å². The summed E-state index contributed by atoms with van der Waals surface area (Å²) in [5, 5.41) is 0. The number of H-pyrrole nitrogens is 1. The van der Waals surface area contributed by atoms with Gasteiger partial charge in [0.1, 0.15) is 5.56 Å². The van der Waals surface area contributed by atoms with Crippen LogP contribution in [0.2, 0.25) is 0 Å². The van der Waals surface area contributed by atoms with E-state index in [0.29, 0.717) is 18.5 Å². The Morgan fingerprint density at radius 2 is 1.68 bits per heavy atom. The molecule has 3 rings (SSSR count). The molecule has 1 aliphatic rings. The van der Waals surface area contributed by atoms with E-state index in [1.165, 1.54) is 4.90 Å². The number of hydrogen-bond acceptors (Lipinski definition) is 6. The molecule has 1 amide bonds. The standard InChI is InChI=1S/C20H21F6N5O3/c1-11-9-30(17-28-7-14(8-29-17)19(21,22)23)10-12(2)31(11)18(33)34-4-3-13-5-15(20(24,25)26)16(32)27-6-13/h5-8,11-12H,3-4,9-10H2,1-2H3,(H,27,32). The molecule has 34 heavy (non-hydrogen) atoms. The third kappa shape index (κ3) is 5.78. The fourth-order valence-electron chi connectivity index (χ4n) is 3.69. The Morgan fingerprint density at radius 3 is 2.21 bits per heavy atom. The van der Waals surface area contributed by atoms with Crippen molar-refractivity contribution in [2.24, 2.45) is 0 Å². The lowest BCUT2D eigenvalue weighted by molar-refractivity contribution is -0.139. The number of carbonyl (C=O) groups is 1. The first kappa shape index (κ1) is 25.3. The fraction of sp³-hybridized carbons (Fsp3) is 0.500. The van der Waals surface area contributed by atoms with E-state index in [2.05, 4.69) is 9.97 Å². The highest BCUT2D eigenvalue weighted by Crippen LogP contribution is 2.29. The number of piperazine rings is 1. The molecule has 0 bridgehead atoms. The number of pyridine rings is 1. The maximum Gasteiger partial charge on any atom is 0.421 e. The summed E-state index contributed by atoms with van der Waals surface area (Å²) in [4.78, 5) is 36.6. The van der Waals surface area contributed by atoms with Crippen LogP contribution in [0.25, 0.3) is 0 Å². The molecule has 2 aromatic heterocycles. The number of rotatable bonds is 4. The van der Waals surface area contributed by atoms with Gasteiger partial charge in [-0.25, -0.2) is 14.8 Å². The van der Waals surface area contributed by atoms with Crippen molar-refractivity contribution in [3.8, 4) is 0 Å². The molecular weight excluding hydrogens is 472 g/mol. The van der Waals surface area contributed by atoms with Gasteiger partial charge in [-0.05, 0) is 25.5 Å². The number of hydrogen-bond donors (Lipinski definition) is 1. The molecule has 0 radical (unpaired) electrons. The van der Waals surface area contributed by atoms with Gasteiger partial charge in [-0.1, -0.05) is 0 Å². The van der Waals surface area contributed by atoms with Crippen LogP contribution in [0.3, 0.4) is 0 Å². The lowest BCUT2D eigenvalue weighted by Gasteiger charge is -2.43. The lowest BCUT2D eigenvalue weighted by atomic mass is 10.1. The van der Waals surface area contributed by atoms with Crippen molar-refractivity contribution < 1.29 is 35.9 Å². The van der Waals surface area contributed by atoms with Crippen molar-refractivity contribution in [2.75, 3.05) is 24.6 Å². The minimum Gasteiger partial charge on any atom is -0.449 e. The van der Waals surface area contributed by atoms with Crippen LogP contribution in [0.1, 0.15) is 30.5 Å². The highest BCUT2D eigenvalue weighted by Gasteiger charge is 2.36. The molecule has 2 atom stereocenters. The molecule has 0 spiro atoms. The summed E-state index contributed by atoms with van der Waals surface area (Å²) < 4.78 is 81.9. The predicted octanol–water partition coefficient (Wildman–Crippen LogP) is 3.48. The zero-order chi connectivity index (χ0) is 25.3. The van der Waals surface area contributed by atoms with Crippen LogP contribution in [-0.2, 0) is 23.5 Å². The van der Waals surface area contributed by atoms with Crippen LogP contribution in [-0.4, -0.2) is 57.7 Å². The van der Waals surface area contributed by atoms with E-state index in [4.69, 9.17) is 4.74 Å². The van der Waals surface area contributed by atoms with E-state index >= 15 is 0 Å². The van der Waals surface area contributed by atoms with Crippen molar-refractivity contribution in [3.05, 3.63) is 51.7 Å². The molecule has 1 saturated heterocycles. The summed E-state index contributed by atoms with van der Waals surface area (Å²) in [5.41, 5.74) is -3.42. The van der Waals surface area contributed by atoms with Gasteiger partial charge >= 0.3 is 18.4 Å². The summed E-state index contributed by atoms with van der Waals surface area (Å²) in [6, 6.07) is -0.111. The average Bonchev–Trinajstić information content (AvgIpc) is 2.73. The molecule has 186 valence electrons. The number of halogens is 6. The van der Waals surface area contributed by atoms with Gasteiger partial charge in [0, 0.05) is 38.1 Å². The molecule has 2 unspecified atom stereocenters. The molecule has 0 aliphatic carbocycles. The first-order valence-electron chi connectivity index (χ1n) is 10.2. The molecule has 1 aliphatic heterocycles. The smallest absolute Gasteiger partial charge is 0.421 e. The van der Waals surface area contributed by atoms with Crippen molar-refractivity contribution >= 4 is 12.0 Å². The summed E-state index contributed by atoms with van der Waals surface area (Å²) in [6.45, 7) is 3.68. The number of anilines is 1. The van der Waals surface area contributed by atoms with Crippen LogP contribution < -0.4 is 10.5 Å². The molecular formula is C20H21F6N5O3. The first-order chi connectivity index (χ1) is 15.8. The van der Waals surface area contributed by atoms with Gasteiger partial charge in [-0.2, -0.15) is 26.3 Å². The van der Waals surface area contributed by atoms with Gasteiger partial charge < -0.3 is 14.6 Å². The number of nitrogens with one attached hydrogen (secondary N) is 1. The van der Waals surface area contributed by atoms with E-state index in [-0.39, 0.29) is 37.6 Å². The third-order valence-electron chi connectivity index (χ3n) is 5.26. The summed E-state index contributed by atoms with van der Waals surface area (Å²) in [5.74, 6) is 0.0956. The van der Waals surface area contributed by atoms with Crippen LogP contribution >= 0.6 is 0 Å². The quantitative estimate of drug-likeness (QED) is 0.656. The van der Waals surface area contributed by atoms with E-state index in [1.807, 2.05) is 4.98 Å². The fourth-order valence-corrected chi connectivity index (χ4v) is 3.69. The molecule has 1 N–H and O–H groups in total. The number of alkyl halides is 6. The minimum atomic E-state index is -4.80. The van der Waals surface area contributed by atoms with Crippen molar-refractivity contribution in [1.82, 2.24) is 19.9 Å². The minimum absolute atomic E-state index is 0.0479. The Hall–Kier alpha value is -3.32. The van der Waals surface area contributed by atoms with E-state index in [1.54, 1.807) is 18.7 Å². The first-order valence-corrected chi connectivity index (χ1v) is 10.2. The van der Waals surface area contributed by atoms with Crippen LogP contribution in [0.15, 0.2) is 29.5 Å². The predicted molar refractivity (Wildman–Crippen MR) is 107 cm³/mol. The van der Waals surface area contributed by atoms with Crippen LogP contribution in [0, 0.1) is 0 Å². The van der Waals surface area contributed by atoms with Gasteiger partial charge in [-0.15, -0.1) is 0 Å². The molecule has 14 heteroatoms. The van der Waals surface area contributed by atoms with E-state index in [9.17, 15) is 35.9 Å². The number of carbonyl (C=O) groups excluding carboxylic acids is 1. The number of nitrogens with zero attached hydrogens (tertiary/aromatic N) is 4. The highest BCUT2D eigenvalue weighted by molar-refractivity contribution is 5.69. The molecule has 3 heterocycles. The Balaban J connectivity index is 1.58. The maximum absolute atomic E-state index is 12.9. The topological polar surface area (TPSA) is 91.4 Å². The largest absolute Gasteiger partial charge is 0.449 e. The number of amides is 1. The van der Waals surface area contributed by atoms with E-state index < -0.39 is 47.2 Å². The Bertz CT molecular complexity index is 1060. The Labute approximate surface area is 189 Å². The van der Waals surface area contributed by atoms with Gasteiger partial charge in [0.2, 0.25) is 5.95 Å². The highest BCUT2D eigenvalue weighted by atomic mass is 19.4. The number of aromatic nitrogens is 3. The zero-order valence-electron chi connectivity index (χ0n) is 18.1. The summed E-state index contributed by atoms with van der Waals surface area (Å²) in [7, 11) is 0. The van der Waals surface area contributed by atoms with Crippen LogP contribution in [0.4, 0.5) is 37.1 Å². The van der Waals surface area contributed by atoms with Gasteiger partial charge in [0.05, 0.1) is 24.3 Å². The molecule has 1 fully saturated rings. The van der Waals surface area contributed by atoms with Crippen molar-refractivity contribution in [2.45, 2.75) is 44.7 Å². The summed E-state index contributed by atoms with van der Waals surface area (Å²) in [6.07, 6.45) is -7.58. The molecule has 0 saturated carbocycles. The SMILES string of the molecule is CC1CN(c2ncc(C(F)(F)F)cn2)CC(C)N1C(=O)OCCc1c[nH]c(=O)c(C(F)(F)F)c1. The van der Waals surface area contributed by atoms with Gasteiger partial charge in [-0.3, -0.25) is 9.69 Å². The van der Waals surface area contributed by atoms with Crippen molar-refractivity contribution in [3.63, 3.8) is 0 Å². The third-order valence-corrected chi connectivity index (χ3v) is 5.26. The molecule has 0 aromatic carbocycles. The number of ether oxygens (including phenoxy) is 1. The van der Waals surface area contributed by atoms with Gasteiger partial charge in [0.25, 0.3) is 5.56 Å². The molecule has 8 nitrogen and oxygen atoms in total. The lowest BCUT2D eigenvalue weighted by Crippen LogP contribution is -2.59. The second-order valence-corrected chi connectivity index (χ2v) is 7.89. The average molecular weight is 493 g/mol. The van der Waals surface area contributed by atoms with E-state index in [0.717, 1.165) is 6.20 Å². The monoisotopic (exact) mass is 493 g/mol. The maximum atomic E-state index is 12.9. The number of aromatic amines is 1. The van der Waals surface area contributed by atoms with Crippen LogP contribution in [0.5, 0.6) is 0 Å².